The first-order valence-electron chi connectivity index (χ1n) is 6.02. The molecular weight excluding hydrogens is 290 g/mol. The highest BCUT2D eigenvalue weighted by Gasteiger charge is 2.30. The van der Waals surface area contributed by atoms with Crippen LogP contribution in [0.1, 0.15) is 12.8 Å². The van der Waals surface area contributed by atoms with Crippen LogP contribution >= 0.6 is 0 Å². The summed E-state index contributed by atoms with van der Waals surface area (Å²) in [7, 11) is 0. The van der Waals surface area contributed by atoms with Crippen molar-refractivity contribution in [2.45, 2.75) is 37.2 Å². The third kappa shape index (κ3) is 7.11. The molecule has 0 aliphatic heterocycles. The number of hydrogen-bond donors (Lipinski definition) is 6. The smallest absolute Gasteiger partial charge is 0.320 e. The summed E-state index contributed by atoms with van der Waals surface area (Å²) in [4.78, 5) is 33.0. The van der Waals surface area contributed by atoms with Crippen molar-refractivity contribution in [3.05, 3.63) is 0 Å². The molecule has 0 aromatic rings. The maximum absolute atomic E-state index is 11.4. The Hall–Kier alpha value is -1.59. The fraction of sp³-hybridized carbons (Fsp3) is 0.727. The van der Waals surface area contributed by atoms with E-state index in [4.69, 9.17) is 21.1 Å². The fourth-order valence-corrected chi connectivity index (χ4v) is 1.21. The molecule has 1 unspecified atom stereocenters. The molecule has 0 aromatic heterocycles. The molecule has 10 heteroatoms. The predicted octanol–water partition coefficient (Wildman–Crippen LogP) is -3.63. The fourth-order valence-electron chi connectivity index (χ4n) is 1.21. The van der Waals surface area contributed by atoms with Crippen LogP contribution in [0.5, 0.6) is 0 Å². The normalized spacial score (nSPS) is 16.6. The SMILES string of the molecule is NC(CCC(=O)OCC(=O)[C@@H](O)[C@H](O)[C@H](O)CO)C(=O)O. The van der Waals surface area contributed by atoms with E-state index in [0.29, 0.717) is 0 Å². The molecule has 0 rings (SSSR count). The lowest BCUT2D eigenvalue weighted by molar-refractivity contribution is -0.155. The van der Waals surface area contributed by atoms with Crippen molar-refractivity contribution in [3.63, 3.8) is 0 Å². The van der Waals surface area contributed by atoms with E-state index >= 15 is 0 Å². The molecule has 0 amide bonds. The van der Waals surface area contributed by atoms with Gasteiger partial charge in [0.25, 0.3) is 0 Å². The van der Waals surface area contributed by atoms with E-state index in [1.54, 1.807) is 0 Å². The summed E-state index contributed by atoms with van der Waals surface area (Å²) in [6.45, 7) is -1.73. The topological polar surface area (TPSA) is 188 Å². The van der Waals surface area contributed by atoms with Gasteiger partial charge in [0.05, 0.1) is 6.61 Å². The van der Waals surface area contributed by atoms with Crippen molar-refractivity contribution < 1.29 is 44.7 Å². The van der Waals surface area contributed by atoms with Crippen molar-refractivity contribution >= 4 is 17.7 Å². The molecule has 4 atom stereocenters. The van der Waals surface area contributed by atoms with Crippen LogP contribution in [0, 0.1) is 0 Å². The van der Waals surface area contributed by atoms with Gasteiger partial charge in [0.15, 0.2) is 6.61 Å². The molecule has 0 fully saturated rings. The summed E-state index contributed by atoms with van der Waals surface area (Å²) >= 11 is 0. The zero-order valence-electron chi connectivity index (χ0n) is 11.1. The second kappa shape index (κ2) is 9.37. The van der Waals surface area contributed by atoms with Crippen molar-refractivity contribution in [2.24, 2.45) is 5.73 Å². The Labute approximate surface area is 119 Å². The van der Waals surface area contributed by atoms with Crippen LogP contribution in [-0.4, -0.2) is 80.8 Å². The second-order valence-electron chi connectivity index (χ2n) is 4.30. The number of carbonyl (C=O) groups excluding carboxylic acids is 2. The Morgan fingerprint density at radius 3 is 2.19 bits per heavy atom. The predicted molar refractivity (Wildman–Crippen MR) is 65.9 cm³/mol. The van der Waals surface area contributed by atoms with Gasteiger partial charge in [-0.15, -0.1) is 0 Å². The number of aliphatic hydroxyl groups is 4. The average molecular weight is 309 g/mol. The van der Waals surface area contributed by atoms with Crippen molar-refractivity contribution in [1.29, 1.82) is 0 Å². The first-order chi connectivity index (χ1) is 9.70. The third-order valence-corrected chi connectivity index (χ3v) is 2.59. The maximum atomic E-state index is 11.4. The Morgan fingerprint density at radius 1 is 1.14 bits per heavy atom. The summed E-state index contributed by atoms with van der Waals surface area (Å²) in [5.74, 6) is -3.26. The van der Waals surface area contributed by atoms with Crippen LogP contribution < -0.4 is 5.73 Å². The van der Waals surface area contributed by atoms with Gasteiger partial charge < -0.3 is 36.0 Å². The number of carboxylic acids is 1. The zero-order valence-corrected chi connectivity index (χ0v) is 11.1. The minimum Gasteiger partial charge on any atom is -0.480 e. The summed E-state index contributed by atoms with van der Waals surface area (Å²) in [6, 6.07) is -1.24. The lowest BCUT2D eigenvalue weighted by Gasteiger charge is -2.20. The first-order valence-corrected chi connectivity index (χ1v) is 6.02. The van der Waals surface area contributed by atoms with E-state index in [-0.39, 0.29) is 12.8 Å². The van der Waals surface area contributed by atoms with E-state index < -0.39 is 55.3 Å². The molecule has 10 nitrogen and oxygen atoms in total. The Balaban J connectivity index is 4.12. The highest BCUT2D eigenvalue weighted by atomic mass is 16.5. The summed E-state index contributed by atoms with van der Waals surface area (Å²) in [6.07, 6.45) is -6.17. The van der Waals surface area contributed by atoms with E-state index in [2.05, 4.69) is 4.74 Å². The first kappa shape index (κ1) is 19.4. The molecule has 0 saturated heterocycles. The van der Waals surface area contributed by atoms with E-state index in [0.717, 1.165) is 0 Å². The number of aliphatic carboxylic acids is 1. The molecule has 7 N–H and O–H groups in total. The monoisotopic (exact) mass is 309 g/mol. The lowest BCUT2D eigenvalue weighted by Crippen LogP contribution is -2.45. The van der Waals surface area contributed by atoms with E-state index in [9.17, 15) is 24.6 Å². The summed E-state index contributed by atoms with van der Waals surface area (Å²) < 4.78 is 4.47. The van der Waals surface area contributed by atoms with Gasteiger partial charge >= 0.3 is 11.9 Å². The minimum absolute atomic E-state index is 0.184. The number of esters is 1. The van der Waals surface area contributed by atoms with Crippen LogP contribution in [0.15, 0.2) is 0 Å². The van der Waals surface area contributed by atoms with Crippen molar-refractivity contribution in [1.82, 2.24) is 0 Å². The van der Waals surface area contributed by atoms with Crippen molar-refractivity contribution in [2.75, 3.05) is 13.2 Å². The molecule has 122 valence electrons. The molecule has 0 aromatic carbocycles. The third-order valence-electron chi connectivity index (χ3n) is 2.59. The standard InChI is InChI=1S/C11H19NO9/c12-5(11(19)20)1-2-8(16)21-4-7(15)10(18)9(17)6(14)3-13/h5-6,9-10,13-14,17-18H,1-4,12H2,(H,19,20)/t5?,6-,9-,10-/m1/s1. The summed E-state index contributed by atoms with van der Waals surface area (Å²) in [5, 5.41) is 44.6. The number of carboxylic acid groups (broad SMARTS) is 1. The van der Waals surface area contributed by atoms with Gasteiger partial charge in [0, 0.05) is 6.42 Å². The van der Waals surface area contributed by atoms with Crippen LogP contribution in [0.4, 0.5) is 0 Å². The van der Waals surface area contributed by atoms with Crippen molar-refractivity contribution in [3.8, 4) is 0 Å². The number of aliphatic hydroxyl groups excluding tert-OH is 4. The van der Waals surface area contributed by atoms with Crippen LogP contribution in [0.2, 0.25) is 0 Å². The number of carbonyl (C=O) groups is 3. The van der Waals surface area contributed by atoms with Crippen LogP contribution in [0.25, 0.3) is 0 Å². The maximum Gasteiger partial charge on any atom is 0.320 e. The largest absolute Gasteiger partial charge is 0.480 e. The van der Waals surface area contributed by atoms with Gasteiger partial charge in [0.2, 0.25) is 5.78 Å². The number of Topliss-reactive ketones (excluding diaryl/α,β-unsaturated/α-hetero) is 1. The zero-order chi connectivity index (χ0) is 16.6. The van der Waals surface area contributed by atoms with Crippen LogP contribution in [0.3, 0.4) is 0 Å². The summed E-state index contributed by atoms with van der Waals surface area (Å²) in [5.41, 5.74) is 5.16. The number of nitrogens with two attached hydrogens (primary N) is 1. The Morgan fingerprint density at radius 2 is 1.71 bits per heavy atom. The molecule has 0 bridgehead atoms. The van der Waals surface area contributed by atoms with Gasteiger partial charge in [-0.25, -0.2) is 0 Å². The molecule has 0 spiro atoms. The molecule has 21 heavy (non-hydrogen) atoms. The van der Waals surface area contributed by atoms with Gasteiger partial charge in [-0.2, -0.15) is 0 Å². The van der Waals surface area contributed by atoms with Crippen LogP contribution in [-0.2, 0) is 19.1 Å². The van der Waals surface area contributed by atoms with Gasteiger partial charge in [-0.1, -0.05) is 0 Å². The number of ether oxygens (including phenoxy) is 1. The van der Waals surface area contributed by atoms with E-state index in [1.807, 2.05) is 0 Å². The molecule has 0 saturated carbocycles. The molecule has 0 heterocycles. The second-order valence-corrected chi connectivity index (χ2v) is 4.30. The van der Waals surface area contributed by atoms with Gasteiger partial charge in [-0.3, -0.25) is 14.4 Å². The number of ketones is 1. The average Bonchev–Trinajstić information content (AvgIpc) is 2.47. The number of rotatable bonds is 10. The molecule has 0 aliphatic rings. The highest BCUT2D eigenvalue weighted by molar-refractivity contribution is 5.86. The Kier molecular flexibility index (Phi) is 8.66. The Bertz CT molecular complexity index is 373. The highest BCUT2D eigenvalue weighted by Crippen LogP contribution is 2.03. The quantitative estimate of drug-likeness (QED) is 0.220. The van der Waals surface area contributed by atoms with Gasteiger partial charge in [0.1, 0.15) is 24.4 Å². The number of hydrogen-bond acceptors (Lipinski definition) is 9. The molecular formula is C11H19NO9. The lowest BCUT2D eigenvalue weighted by atomic mass is 10.1. The minimum atomic E-state index is -2.03. The van der Waals surface area contributed by atoms with Gasteiger partial charge in [-0.05, 0) is 6.42 Å². The molecule has 0 radical (unpaired) electrons. The molecule has 0 aliphatic carbocycles. The van der Waals surface area contributed by atoms with E-state index in [1.165, 1.54) is 0 Å².